The third-order valence-electron chi connectivity index (χ3n) is 7.18. The van der Waals surface area contributed by atoms with Gasteiger partial charge in [0.1, 0.15) is 11.4 Å². The quantitative estimate of drug-likeness (QED) is 0.286. The Morgan fingerprint density at radius 3 is 2.30 bits per heavy atom. The fourth-order valence-electron chi connectivity index (χ4n) is 5.07. The molecule has 1 amide bonds. The topological polar surface area (TPSA) is 121 Å². The van der Waals surface area contributed by atoms with E-state index in [-0.39, 0.29) is 46.8 Å². The van der Waals surface area contributed by atoms with Crippen LogP contribution in [-0.2, 0) is 16.1 Å². The van der Waals surface area contributed by atoms with Crippen LogP contribution >= 0.6 is 11.6 Å². The highest BCUT2D eigenvalue weighted by atomic mass is 35.5. The minimum atomic E-state index is -5.33. The van der Waals surface area contributed by atoms with Gasteiger partial charge in [-0.05, 0) is 44.2 Å². The van der Waals surface area contributed by atoms with Gasteiger partial charge in [0.25, 0.3) is 11.6 Å². The Balaban J connectivity index is 1.70. The molecule has 43 heavy (non-hydrogen) atoms. The zero-order valence-corrected chi connectivity index (χ0v) is 23.8. The number of piperazine rings is 1. The van der Waals surface area contributed by atoms with Gasteiger partial charge in [-0.3, -0.25) is 14.5 Å². The number of rotatable bonds is 8. The summed E-state index contributed by atoms with van der Waals surface area (Å²) in [6.45, 7) is 1.54. The van der Waals surface area contributed by atoms with E-state index in [2.05, 4.69) is 0 Å². The number of hydrogen-bond acceptors (Lipinski definition) is 7. The van der Waals surface area contributed by atoms with Crippen molar-refractivity contribution < 1.29 is 41.8 Å². The smallest absolute Gasteiger partial charge is 0.436 e. The number of alkyl halides is 3. The number of carbonyl (C=O) groups excluding carboxylic acids is 2. The van der Waals surface area contributed by atoms with Crippen molar-refractivity contribution in [1.29, 1.82) is 0 Å². The number of nitrogens with one attached hydrogen (secondary N) is 1. The molecule has 1 fully saturated rings. The maximum Gasteiger partial charge on any atom is 0.436 e. The van der Waals surface area contributed by atoms with Gasteiger partial charge in [-0.25, -0.2) is 14.0 Å². The standard InChI is InChI=1S/C28H27ClF4N4O6/c1-3-35-15-19(25(40)41)23(38)18-13-20(30)22(14-21(18)35)36-8-10-37(11-9-36)27(28(31,32)33,26(42)43-4-2)34-24(39)16-6-5-7-17(29)12-16/h5-7,12-15H,3-4,8-11H2,1-2H3,(H,34,39)(H,40,41). The number of amides is 1. The monoisotopic (exact) mass is 626 g/mol. The molecule has 0 radical (unpaired) electrons. The number of fused-ring (bicyclic) bond motifs is 1. The predicted octanol–water partition coefficient (Wildman–Crippen LogP) is 3.89. The molecule has 10 nitrogen and oxygen atoms in total. The maximum atomic E-state index is 15.3. The Morgan fingerprint density at radius 2 is 1.74 bits per heavy atom. The van der Waals surface area contributed by atoms with Crippen LogP contribution in [-0.4, -0.2) is 77.0 Å². The lowest BCUT2D eigenvalue weighted by Gasteiger charge is -2.46. The molecule has 1 saturated heterocycles. The molecule has 15 heteroatoms. The largest absolute Gasteiger partial charge is 0.477 e. The van der Waals surface area contributed by atoms with E-state index in [4.69, 9.17) is 16.3 Å². The number of carbonyl (C=O) groups is 3. The summed E-state index contributed by atoms with van der Waals surface area (Å²) in [7, 11) is 0. The van der Waals surface area contributed by atoms with Gasteiger partial charge < -0.3 is 24.6 Å². The molecule has 1 atom stereocenters. The molecular weight excluding hydrogens is 600 g/mol. The molecule has 1 aliphatic heterocycles. The van der Waals surface area contributed by atoms with Crippen molar-refractivity contribution >= 4 is 46.0 Å². The second-order valence-electron chi connectivity index (χ2n) is 9.65. The first-order valence-electron chi connectivity index (χ1n) is 13.2. The van der Waals surface area contributed by atoms with Gasteiger partial charge in [0.15, 0.2) is 0 Å². The first kappa shape index (κ1) is 31.8. The van der Waals surface area contributed by atoms with Crippen molar-refractivity contribution in [2.24, 2.45) is 0 Å². The van der Waals surface area contributed by atoms with E-state index in [1.54, 1.807) is 6.92 Å². The molecule has 0 saturated carbocycles. The van der Waals surface area contributed by atoms with Crippen LogP contribution in [0.3, 0.4) is 0 Å². The van der Waals surface area contributed by atoms with Crippen molar-refractivity contribution in [3.05, 3.63) is 74.8 Å². The molecule has 2 heterocycles. The third kappa shape index (κ3) is 5.89. The van der Waals surface area contributed by atoms with Crippen molar-refractivity contribution in [3.63, 3.8) is 0 Å². The van der Waals surface area contributed by atoms with Gasteiger partial charge in [-0.1, -0.05) is 17.7 Å². The second kappa shape index (κ2) is 12.2. The number of aromatic carboxylic acids is 1. The molecular formula is C28H27ClF4N4O6. The molecule has 3 aromatic rings. The number of anilines is 1. The fraction of sp³-hybridized carbons (Fsp3) is 0.357. The second-order valence-corrected chi connectivity index (χ2v) is 10.1. The summed E-state index contributed by atoms with van der Waals surface area (Å²) < 4.78 is 66.1. The van der Waals surface area contributed by atoms with Gasteiger partial charge in [-0.15, -0.1) is 0 Å². The van der Waals surface area contributed by atoms with E-state index in [0.29, 0.717) is 0 Å². The molecule has 2 N–H and O–H groups in total. The van der Waals surface area contributed by atoms with Gasteiger partial charge in [0.05, 0.1) is 17.8 Å². The van der Waals surface area contributed by atoms with Crippen LogP contribution < -0.4 is 15.6 Å². The number of aromatic nitrogens is 1. The number of benzene rings is 2. The van der Waals surface area contributed by atoms with E-state index in [1.165, 1.54) is 40.7 Å². The Labute approximate surface area is 247 Å². The molecule has 0 aliphatic carbocycles. The van der Waals surface area contributed by atoms with Gasteiger partial charge >= 0.3 is 18.1 Å². The maximum absolute atomic E-state index is 15.3. The van der Waals surface area contributed by atoms with E-state index in [9.17, 15) is 37.5 Å². The average Bonchev–Trinajstić information content (AvgIpc) is 2.95. The average molecular weight is 627 g/mol. The zero-order valence-electron chi connectivity index (χ0n) is 23.0. The lowest BCUT2D eigenvalue weighted by Crippen LogP contribution is -2.75. The summed E-state index contributed by atoms with van der Waals surface area (Å²) in [6, 6.07) is 7.43. The fourth-order valence-corrected chi connectivity index (χ4v) is 5.26. The Bertz CT molecular complexity index is 1640. The number of carboxylic acids is 1. The highest BCUT2D eigenvalue weighted by Gasteiger charge is 2.67. The third-order valence-corrected chi connectivity index (χ3v) is 7.41. The molecule has 1 unspecified atom stereocenters. The van der Waals surface area contributed by atoms with Crippen LogP contribution in [0.2, 0.25) is 5.02 Å². The Hall–Kier alpha value is -4.17. The molecule has 1 aliphatic rings. The van der Waals surface area contributed by atoms with E-state index >= 15 is 4.39 Å². The normalized spacial score (nSPS) is 15.7. The number of ether oxygens (including phenoxy) is 1. The molecule has 0 bridgehead atoms. The zero-order chi connectivity index (χ0) is 31.7. The number of aryl methyl sites for hydroxylation is 1. The molecule has 230 valence electrons. The van der Waals surface area contributed by atoms with Crippen LogP contribution in [0.1, 0.15) is 34.6 Å². The first-order valence-corrected chi connectivity index (χ1v) is 13.5. The highest BCUT2D eigenvalue weighted by molar-refractivity contribution is 6.31. The van der Waals surface area contributed by atoms with Crippen LogP contribution in [0.5, 0.6) is 0 Å². The van der Waals surface area contributed by atoms with Gasteiger partial charge in [0.2, 0.25) is 5.43 Å². The van der Waals surface area contributed by atoms with Crippen molar-refractivity contribution in [1.82, 2.24) is 14.8 Å². The number of esters is 1. The number of nitrogens with zero attached hydrogens (tertiary/aromatic N) is 3. The predicted molar refractivity (Wildman–Crippen MR) is 149 cm³/mol. The van der Waals surface area contributed by atoms with Crippen molar-refractivity contribution in [3.8, 4) is 0 Å². The summed E-state index contributed by atoms with van der Waals surface area (Å²) in [5, 5.41) is 11.1. The summed E-state index contributed by atoms with van der Waals surface area (Å²) >= 11 is 5.90. The van der Waals surface area contributed by atoms with Gasteiger partial charge in [0, 0.05) is 54.9 Å². The van der Waals surface area contributed by atoms with Crippen LogP contribution in [0.15, 0.2) is 47.4 Å². The summed E-state index contributed by atoms with van der Waals surface area (Å²) in [6.07, 6.45) is -4.19. The number of halogens is 5. The lowest BCUT2D eigenvalue weighted by atomic mass is 10.0. The van der Waals surface area contributed by atoms with Gasteiger partial charge in [-0.2, -0.15) is 13.2 Å². The summed E-state index contributed by atoms with van der Waals surface area (Å²) in [4.78, 5) is 52.3. The van der Waals surface area contributed by atoms with Crippen LogP contribution in [0.25, 0.3) is 10.9 Å². The Kier molecular flexibility index (Phi) is 9.02. The Morgan fingerprint density at radius 1 is 1.07 bits per heavy atom. The van der Waals surface area contributed by atoms with Crippen molar-refractivity contribution in [2.45, 2.75) is 32.2 Å². The van der Waals surface area contributed by atoms with E-state index < -0.39 is 66.2 Å². The first-order chi connectivity index (χ1) is 20.2. The number of hydrogen-bond donors (Lipinski definition) is 2. The minimum Gasteiger partial charge on any atom is -0.477 e. The molecule has 2 aromatic carbocycles. The number of carboxylic acid groups (broad SMARTS) is 1. The highest BCUT2D eigenvalue weighted by Crippen LogP contribution is 2.37. The molecule has 4 rings (SSSR count). The van der Waals surface area contributed by atoms with Crippen molar-refractivity contribution in [2.75, 3.05) is 37.7 Å². The summed E-state index contributed by atoms with van der Waals surface area (Å²) in [5.74, 6) is -5.30. The molecule has 0 spiro atoms. The number of pyridine rings is 1. The minimum absolute atomic E-state index is 0.0338. The van der Waals surface area contributed by atoms with E-state index in [1.807, 2.05) is 5.32 Å². The lowest BCUT2D eigenvalue weighted by molar-refractivity contribution is -0.247. The van der Waals surface area contributed by atoms with Crippen LogP contribution in [0.4, 0.5) is 23.2 Å². The van der Waals surface area contributed by atoms with E-state index in [0.717, 1.165) is 23.2 Å². The SMILES string of the molecule is CCOC(=O)C(NC(=O)c1cccc(Cl)c1)(N1CCN(c2cc3c(cc2F)c(=O)c(C(=O)O)cn3CC)CC1)C(F)(F)F. The van der Waals surface area contributed by atoms with Crippen LogP contribution in [0, 0.1) is 5.82 Å². The molecule has 1 aromatic heterocycles. The summed E-state index contributed by atoms with van der Waals surface area (Å²) in [5.41, 5.74) is -4.98.